The second-order valence-corrected chi connectivity index (χ2v) is 13.0. The number of fused-ring (bicyclic) bond motifs is 10. The fourth-order valence-corrected chi connectivity index (χ4v) is 8.03. The van der Waals surface area contributed by atoms with Crippen molar-refractivity contribution in [3.05, 3.63) is 170 Å². The van der Waals surface area contributed by atoms with Gasteiger partial charge in [0.1, 0.15) is 0 Å². The summed E-state index contributed by atoms with van der Waals surface area (Å²) in [6.07, 6.45) is 0. The Morgan fingerprint density at radius 3 is 1.88 bits per heavy atom. The molecule has 0 aliphatic rings. The number of para-hydroxylation sites is 2. The first kappa shape index (κ1) is 27.2. The van der Waals surface area contributed by atoms with Crippen LogP contribution in [-0.2, 0) is 0 Å². The first-order valence-corrected chi connectivity index (χ1v) is 17.0. The number of benzene rings is 8. The van der Waals surface area contributed by atoms with Crippen LogP contribution in [0.5, 0.6) is 0 Å². The van der Waals surface area contributed by atoms with E-state index in [0.29, 0.717) is 5.95 Å². The van der Waals surface area contributed by atoms with Crippen LogP contribution in [0.1, 0.15) is 0 Å². The second-order valence-electron chi connectivity index (χ2n) is 13.0. The Morgan fingerprint density at radius 2 is 1.02 bits per heavy atom. The summed E-state index contributed by atoms with van der Waals surface area (Å²) in [6.45, 7) is 0. The van der Waals surface area contributed by atoms with Crippen molar-refractivity contribution in [1.29, 1.82) is 0 Å². The topological polar surface area (TPSA) is 35.6 Å². The minimum Gasteiger partial charge on any atom is -0.309 e. The molecule has 0 saturated heterocycles. The maximum absolute atomic E-state index is 5.33. The molecular formula is C46H28N4. The molecule has 3 aromatic heterocycles. The summed E-state index contributed by atoms with van der Waals surface area (Å²) < 4.78 is 4.69. The molecule has 0 unspecified atom stereocenters. The van der Waals surface area contributed by atoms with Crippen LogP contribution in [0.3, 0.4) is 0 Å². The van der Waals surface area contributed by atoms with Gasteiger partial charge in [-0.05, 0) is 58.6 Å². The summed E-state index contributed by atoms with van der Waals surface area (Å²) in [6, 6.07) is 60.8. The zero-order valence-corrected chi connectivity index (χ0v) is 27.0. The van der Waals surface area contributed by atoms with Crippen LogP contribution in [-0.4, -0.2) is 19.1 Å². The summed E-state index contributed by atoms with van der Waals surface area (Å²) in [7, 11) is 0. The quantitative estimate of drug-likeness (QED) is 0.193. The van der Waals surface area contributed by atoms with Gasteiger partial charge in [-0.3, -0.25) is 4.57 Å². The molecule has 0 amide bonds. The lowest BCUT2D eigenvalue weighted by molar-refractivity contribution is 1.01. The van der Waals surface area contributed by atoms with Crippen molar-refractivity contribution in [2.75, 3.05) is 0 Å². The van der Waals surface area contributed by atoms with E-state index >= 15 is 0 Å². The molecule has 0 N–H and O–H groups in total. The van der Waals surface area contributed by atoms with Gasteiger partial charge in [-0.1, -0.05) is 127 Å². The zero-order valence-electron chi connectivity index (χ0n) is 27.0. The summed E-state index contributed by atoms with van der Waals surface area (Å²) in [4.78, 5) is 10.5. The number of aromatic nitrogens is 4. The van der Waals surface area contributed by atoms with E-state index in [9.17, 15) is 0 Å². The van der Waals surface area contributed by atoms with Gasteiger partial charge in [0.2, 0.25) is 5.95 Å². The SMILES string of the molecule is c1ccc(-c2nc(-n3c4ccc(-n5c6ccccc6c6ccc7ccccc7c65)cc4c4cc5ccccc5cc43)nc3ccccc23)cc1. The molecule has 3 heterocycles. The molecule has 4 nitrogen and oxygen atoms in total. The number of rotatable bonds is 3. The van der Waals surface area contributed by atoms with E-state index in [0.717, 1.165) is 44.3 Å². The Morgan fingerprint density at radius 1 is 0.360 bits per heavy atom. The predicted molar refractivity (Wildman–Crippen MR) is 209 cm³/mol. The molecule has 4 heteroatoms. The monoisotopic (exact) mass is 636 g/mol. The van der Waals surface area contributed by atoms with Crippen LogP contribution in [0.15, 0.2) is 170 Å². The third-order valence-electron chi connectivity index (χ3n) is 10.3. The smallest absolute Gasteiger partial charge is 0.235 e. The first-order valence-electron chi connectivity index (χ1n) is 17.0. The Balaban J connectivity index is 1.26. The van der Waals surface area contributed by atoms with Crippen LogP contribution in [0.2, 0.25) is 0 Å². The molecule has 0 spiro atoms. The highest BCUT2D eigenvalue weighted by Gasteiger charge is 2.20. The Bertz CT molecular complexity index is 3150. The lowest BCUT2D eigenvalue weighted by Crippen LogP contribution is -2.03. The van der Waals surface area contributed by atoms with E-state index in [-0.39, 0.29) is 0 Å². The molecule has 11 aromatic rings. The van der Waals surface area contributed by atoms with Crippen molar-refractivity contribution in [1.82, 2.24) is 19.1 Å². The minimum absolute atomic E-state index is 0.661. The second kappa shape index (κ2) is 10.4. The minimum atomic E-state index is 0.661. The lowest BCUT2D eigenvalue weighted by Gasteiger charge is -2.13. The van der Waals surface area contributed by atoms with Crippen molar-refractivity contribution < 1.29 is 0 Å². The fourth-order valence-electron chi connectivity index (χ4n) is 8.03. The molecule has 0 saturated carbocycles. The molecule has 0 aliphatic carbocycles. The van der Waals surface area contributed by atoms with E-state index in [1.165, 1.54) is 48.7 Å². The van der Waals surface area contributed by atoms with Crippen molar-refractivity contribution >= 4 is 76.1 Å². The number of hydrogen-bond acceptors (Lipinski definition) is 2. The molecule has 0 atom stereocenters. The normalized spacial score (nSPS) is 12.0. The molecular weight excluding hydrogens is 609 g/mol. The van der Waals surface area contributed by atoms with Crippen molar-refractivity contribution in [3.63, 3.8) is 0 Å². The molecule has 50 heavy (non-hydrogen) atoms. The number of hydrogen-bond donors (Lipinski definition) is 0. The van der Waals surface area contributed by atoms with Gasteiger partial charge in [0.25, 0.3) is 0 Å². The summed E-state index contributed by atoms with van der Waals surface area (Å²) >= 11 is 0. The standard InChI is InChI=1S/C46H28N4/c1-2-13-30(14-3-1)44-37-19-8-10-20-40(37)47-46(48-44)50-42-25-23-33(28-39(42)38-26-31-15-4-5-16-32(31)27-43(38)50)49-41-21-11-9-18-35(41)36-24-22-29-12-6-7-17-34(29)45(36)49/h1-28H. The highest BCUT2D eigenvalue weighted by molar-refractivity contribution is 6.19. The van der Waals surface area contributed by atoms with Crippen LogP contribution in [0, 0.1) is 0 Å². The highest BCUT2D eigenvalue weighted by atomic mass is 15.2. The summed E-state index contributed by atoms with van der Waals surface area (Å²) in [5, 5.41) is 10.7. The van der Waals surface area contributed by atoms with Crippen LogP contribution in [0.4, 0.5) is 0 Å². The fraction of sp³-hybridized carbons (Fsp3) is 0. The maximum atomic E-state index is 5.33. The largest absolute Gasteiger partial charge is 0.309 e. The predicted octanol–water partition coefficient (Wildman–Crippen LogP) is 11.8. The zero-order chi connectivity index (χ0) is 32.8. The summed E-state index contributed by atoms with van der Waals surface area (Å²) in [5.74, 6) is 0.661. The van der Waals surface area contributed by atoms with E-state index in [1.54, 1.807) is 0 Å². The van der Waals surface area contributed by atoms with Crippen molar-refractivity contribution in [3.8, 4) is 22.9 Å². The van der Waals surface area contributed by atoms with Gasteiger partial charge in [-0.15, -0.1) is 0 Å². The Hall–Kier alpha value is -6.78. The molecule has 11 rings (SSSR count). The van der Waals surface area contributed by atoms with Gasteiger partial charge in [0.05, 0.1) is 33.3 Å². The van der Waals surface area contributed by atoms with Gasteiger partial charge >= 0.3 is 0 Å². The first-order chi connectivity index (χ1) is 24.8. The number of nitrogens with zero attached hydrogens (tertiary/aromatic N) is 4. The highest BCUT2D eigenvalue weighted by Crippen LogP contribution is 2.40. The van der Waals surface area contributed by atoms with Gasteiger partial charge in [-0.25, -0.2) is 9.97 Å². The van der Waals surface area contributed by atoms with Crippen LogP contribution in [0.25, 0.3) is 99.0 Å². The average Bonchev–Trinajstić information content (AvgIpc) is 3.69. The van der Waals surface area contributed by atoms with Gasteiger partial charge in [0, 0.05) is 43.6 Å². The van der Waals surface area contributed by atoms with Gasteiger partial charge in [0.15, 0.2) is 0 Å². The molecule has 8 aromatic carbocycles. The lowest BCUT2D eigenvalue weighted by atomic mass is 10.1. The third kappa shape index (κ3) is 3.87. The van der Waals surface area contributed by atoms with E-state index in [1.807, 2.05) is 6.07 Å². The maximum Gasteiger partial charge on any atom is 0.235 e. The van der Waals surface area contributed by atoms with Gasteiger partial charge < -0.3 is 4.57 Å². The molecule has 232 valence electrons. The van der Waals surface area contributed by atoms with E-state index in [2.05, 4.69) is 173 Å². The Kier molecular flexibility index (Phi) is 5.63. The van der Waals surface area contributed by atoms with E-state index in [4.69, 9.17) is 9.97 Å². The molecule has 0 bridgehead atoms. The van der Waals surface area contributed by atoms with E-state index < -0.39 is 0 Å². The third-order valence-corrected chi connectivity index (χ3v) is 10.3. The average molecular weight is 637 g/mol. The van der Waals surface area contributed by atoms with Crippen molar-refractivity contribution in [2.24, 2.45) is 0 Å². The van der Waals surface area contributed by atoms with Crippen LogP contribution >= 0.6 is 0 Å². The molecule has 0 aliphatic heterocycles. The van der Waals surface area contributed by atoms with Gasteiger partial charge in [-0.2, -0.15) is 0 Å². The Labute approximate surface area is 287 Å². The molecule has 0 fully saturated rings. The molecule has 0 radical (unpaired) electrons. The van der Waals surface area contributed by atoms with Crippen LogP contribution < -0.4 is 0 Å². The van der Waals surface area contributed by atoms with Crippen molar-refractivity contribution in [2.45, 2.75) is 0 Å². The summed E-state index contributed by atoms with van der Waals surface area (Å²) in [5.41, 5.74) is 8.60.